The lowest BCUT2D eigenvalue weighted by atomic mass is 9.97. The highest BCUT2D eigenvalue weighted by Crippen LogP contribution is 2.26. The quantitative estimate of drug-likeness (QED) is 0.846. The molecule has 0 bridgehead atoms. The van der Waals surface area contributed by atoms with Crippen molar-refractivity contribution in [2.75, 3.05) is 13.2 Å². The number of rotatable bonds is 6. The molecule has 1 aliphatic heterocycles. The van der Waals surface area contributed by atoms with E-state index in [1.807, 2.05) is 19.1 Å². The standard InChI is InChI=1S/C16H24FNO/c1-3-8-18-16(11-14-5-4-9-19-14)13-6-7-15(17)12(2)10-13/h6-7,10,14,16,18H,3-5,8-9,11H2,1-2H3. The average Bonchev–Trinajstić information content (AvgIpc) is 2.91. The highest BCUT2D eigenvalue weighted by molar-refractivity contribution is 5.26. The highest BCUT2D eigenvalue weighted by Gasteiger charge is 2.21. The summed E-state index contributed by atoms with van der Waals surface area (Å²) in [6.07, 6.45) is 4.73. The van der Waals surface area contributed by atoms with Crippen LogP contribution in [0.5, 0.6) is 0 Å². The van der Waals surface area contributed by atoms with Crippen molar-refractivity contribution in [2.24, 2.45) is 0 Å². The summed E-state index contributed by atoms with van der Waals surface area (Å²) in [6, 6.07) is 5.69. The third kappa shape index (κ3) is 4.02. The van der Waals surface area contributed by atoms with Crippen molar-refractivity contribution in [1.29, 1.82) is 0 Å². The first-order chi connectivity index (χ1) is 9.20. The van der Waals surface area contributed by atoms with E-state index in [1.54, 1.807) is 6.07 Å². The van der Waals surface area contributed by atoms with Gasteiger partial charge in [-0.3, -0.25) is 0 Å². The summed E-state index contributed by atoms with van der Waals surface area (Å²) in [7, 11) is 0. The average molecular weight is 265 g/mol. The van der Waals surface area contributed by atoms with E-state index in [2.05, 4.69) is 12.2 Å². The summed E-state index contributed by atoms with van der Waals surface area (Å²) in [5, 5.41) is 3.56. The molecule has 1 aromatic rings. The van der Waals surface area contributed by atoms with Gasteiger partial charge in [-0.15, -0.1) is 0 Å². The third-order valence-electron chi connectivity index (χ3n) is 3.75. The van der Waals surface area contributed by atoms with Gasteiger partial charge in [0.25, 0.3) is 0 Å². The number of ether oxygens (including phenoxy) is 1. The van der Waals surface area contributed by atoms with E-state index in [9.17, 15) is 4.39 Å². The van der Waals surface area contributed by atoms with Gasteiger partial charge in [-0.1, -0.05) is 19.1 Å². The Kier molecular flexibility index (Phi) is 5.34. The second-order valence-corrected chi connectivity index (χ2v) is 5.39. The molecule has 1 saturated heterocycles. The summed E-state index contributed by atoms with van der Waals surface area (Å²) in [6.45, 7) is 5.84. The normalized spacial score (nSPS) is 20.7. The molecule has 0 amide bonds. The molecule has 2 rings (SSSR count). The van der Waals surface area contributed by atoms with Crippen LogP contribution in [0, 0.1) is 12.7 Å². The van der Waals surface area contributed by atoms with Crippen LogP contribution in [0.25, 0.3) is 0 Å². The Morgan fingerprint density at radius 1 is 1.47 bits per heavy atom. The minimum atomic E-state index is -0.130. The lowest BCUT2D eigenvalue weighted by Crippen LogP contribution is -2.26. The van der Waals surface area contributed by atoms with Crippen LogP contribution in [-0.4, -0.2) is 19.3 Å². The predicted octanol–water partition coefficient (Wildman–Crippen LogP) is 3.74. The zero-order valence-electron chi connectivity index (χ0n) is 11.9. The zero-order chi connectivity index (χ0) is 13.7. The molecular formula is C16H24FNO. The van der Waals surface area contributed by atoms with Gasteiger partial charge in [0.15, 0.2) is 0 Å². The Bertz CT molecular complexity index is 402. The van der Waals surface area contributed by atoms with Gasteiger partial charge >= 0.3 is 0 Å². The summed E-state index contributed by atoms with van der Waals surface area (Å²) < 4.78 is 19.1. The minimum Gasteiger partial charge on any atom is -0.378 e. The molecule has 19 heavy (non-hydrogen) atoms. The first kappa shape index (κ1) is 14.5. The molecule has 1 aromatic carbocycles. The van der Waals surface area contributed by atoms with Crippen molar-refractivity contribution in [3.8, 4) is 0 Å². The number of nitrogens with one attached hydrogen (secondary N) is 1. The van der Waals surface area contributed by atoms with Crippen LogP contribution in [0.15, 0.2) is 18.2 Å². The number of hydrogen-bond donors (Lipinski definition) is 1. The topological polar surface area (TPSA) is 21.3 Å². The first-order valence-electron chi connectivity index (χ1n) is 7.31. The molecule has 1 heterocycles. The maximum absolute atomic E-state index is 13.4. The Morgan fingerprint density at radius 3 is 2.95 bits per heavy atom. The molecule has 0 saturated carbocycles. The summed E-state index contributed by atoms with van der Waals surface area (Å²) >= 11 is 0. The van der Waals surface area contributed by atoms with E-state index >= 15 is 0 Å². The number of aryl methyl sites for hydroxylation is 1. The maximum Gasteiger partial charge on any atom is 0.126 e. The number of benzene rings is 1. The fraction of sp³-hybridized carbons (Fsp3) is 0.625. The minimum absolute atomic E-state index is 0.130. The number of halogens is 1. The van der Waals surface area contributed by atoms with Gasteiger partial charge in [-0.2, -0.15) is 0 Å². The van der Waals surface area contributed by atoms with Crippen LogP contribution < -0.4 is 5.32 Å². The highest BCUT2D eigenvalue weighted by atomic mass is 19.1. The molecule has 1 aliphatic rings. The Hall–Kier alpha value is -0.930. The van der Waals surface area contributed by atoms with Crippen LogP contribution in [0.3, 0.4) is 0 Å². The molecule has 0 spiro atoms. The molecule has 1 N–H and O–H groups in total. The molecule has 106 valence electrons. The van der Waals surface area contributed by atoms with E-state index < -0.39 is 0 Å². The van der Waals surface area contributed by atoms with Gasteiger partial charge < -0.3 is 10.1 Å². The maximum atomic E-state index is 13.4. The Labute approximate surface area is 115 Å². The SMILES string of the molecule is CCCNC(CC1CCCO1)c1ccc(F)c(C)c1. The van der Waals surface area contributed by atoms with Crippen molar-refractivity contribution >= 4 is 0 Å². The Morgan fingerprint density at radius 2 is 2.32 bits per heavy atom. The lowest BCUT2D eigenvalue weighted by Gasteiger charge is -2.22. The smallest absolute Gasteiger partial charge is 0.126 e. The van der Waals surface area contributed by atoms with E-state index in [4.69, 9.17) is 4.74 Å². The van der Waals surface area contributed by atoms with Crippen molar-refractivity contribution in [2.45, 2.75) is 51.7 Å². The van der Waals surface area contributed by atoms with Crippen LogP contribution in [0.1, 0.15) is 49.8 Å². The van der Waals surface area contributed by atoms with Gasteiger partial charge in [0.1, 0.15) is 5.82 Å². The van der Waals surface area contributed by atoms with Crippen molar-refractivity contribution in [3.05, 3.63) is 35.1 Å². The summed E-state index contributed by atoms with van der Waals surface area (Å²) in [4.78, 5) is 0. The van der Waals surface area contributed by atoms with Crippen LogP contribution >= 0.6 is 0 Å². The largest absolute Gasteiger partial charge is 0.378 e. The van der Waals surface area contributed by atoms with E-state index in [0.29, 0.717) is 11.7 Å². The van der Waals surface area contributed by atoms with Crippen molar-refractivity contribution < 1.29 is 9.13 Å². The molecule has 0 aliphatic carbocycles. The molecular weight excluding hydrogens is 241 g/mol. The zero-order valence-corrected chi connectivity index (χ0v) is 11.9. The van der Waals surface area contributed by atoms with Crippen molar-refractivity contribution in [3.63, 3.8) is 0 Å². The third-order valence-corrected chi connectivity index (χ3v) is 3.75. The predicted molar refractivity (Wildman–Crippen MR) is 75.8 cm³/mol. The molecule has 0 radical (unpaired) electrons. The van der Waals surface area contributed by atoms with Gasteiger partial charge in [-0.25, -0.2) is 4.39 Å². The lowest BCUT2D eigenvalue weighted by molar-refractivity contribution is 0.0945. The van der Waals surface area contributed by atoms with Crippen LogP contribution in [0.4, 0.5) is 4.39 Å². The van der Waals surface area contributed by atoms with Gasteiger partial charge in [-0.05, 0) is 56.3 Å². The molecule has 0 aromatic heterocycles. The van der Waals surface area contributed by atoms with E-state index in [0.717, 1.165) is 38.8 Å². The van der Waals surface area contributed by atoms with Crippen molar-refractivity contribution in [1.82, 2.24) is 5.32 Å². The summed E-state index contributed by atoms with van der Waals surface area (Å²) in [5.74, 6) is -0.130. The monoisotopic (exact) mass is 265 g/mol. The molecule has 2 atom stereocenters. The molecule has 2 unspecified atom stereocenters. The van der Waals surface area contributed by atoms with Crippen LogP contribution in [0.2, 0.25) is 0 Å². The molecule has 1 fully saturated rings. The van der Waals surface area contributed by atoms with Gasteiger partial charge in [0.2, 0.25) is 0 Å². The number of hydrogen-bond acceptors (Lipinski definition) is 2. The molecule has 3 heteroatoms. The fourth-order valence-corrected chi connectivity index (χ4v) is 2.63. The Balaban J connectivity index is 2.08. The first-order valence-corrected chi connectivity index (χ1v) is 7.31. The summed E-state index contributed by atoms with van der Waals surface area (Å²) in [5.41, 5.74) is 1.89. The van der Waals surface area contributed by atoms with E-state index in [-0.39, 0.29) is 11.9 Å². The fourth-order valence-electron chi connectivity index (χ4n) is 2.63. The van der Waals surface area contributed by atoms with E-state index in [1.165, 1.54) is 5.56 Å². The van der Waals surface area contributed by atoms with Gasteiger partial charge in [0, 0.05) is 12.6 Å². The van der Waals surface area contributed by atoms with Gasteiger partial charge in [0.05, 0.1) is 6.10 Å². The molecule has 2 nitrogen and oxygen atoms in total. The second kappa shape index (κ2) is 7.01. The second-order valence-electron chi connectivity index (χ2n) is 5.39. The van der Waals surface area contributed by atoms with Crippen LogP contribution in [-0.2, 0) is 4.74 Å².